The van der Waals surface area contributed by atoms with Gasteiger partial charge in [0.15, 0.2) is 19.8 Å². The van der Waals surface area contributed by atoms with Crippen molar-refractivity contribution in [3.63, 3.8) is 0 Å². The first kappa shape index (κ1) is 24.8. The molecule has 2 aliphatic rings. The topological polar surface area (TPSA) is 77.4 Å². The maximum absolute atomic E-state index is 10.6. The molecule has 7 heteroatoms. The smallest absolute Gasteiger partial charge is 0.203 e. The van der Waals surface area contributed by atoms with Crippen LogP contribution in [0.25, 0.3) is 5.57 Å². The van der Waals surface area contributed by atoms with Gasteiger partial charge < -0.3 is 28.8 Å². The zero-order chi connectivity index (χ0) is 23.8. The summed E-state index contributed by atoms with van der Waals surface area (Å²) in [7, 11) is 2.73. The number of hydrogen-bond donors (Lipinski definition) is 2. The molecule has 0 aromatic heterocycles. The number of fused-ring (bicyclic) bond motifs is 3. The van der Waals surface area contributed by atoms with Crippen LogP contribution in [0.3, 0.4) is 0 Å². The Balaban J connectivity index is 2.23. The van der Waals surface area contributed by atoms with E-state index in [0.29, 0.717) is 23.7 Å². The van der Waals surface area contributed by atoms with Crippen LogP contribution < -0.4 is 14.2 Å². The fraction of sp³-hybridized carbons (Fsp3) is 0.600. The van der Waals surface area contributed by atoms with Crippen molar-refractivity contribution in [3.05, 3.63) is 34.9 Å². The lowest BCUT2D eigenvalue weighted by molar-refractivity contribution is 0.0509. The van der Waals surface area contributed by atoms with Gasteiger partial charge in [-0.2, -0.15) is 0 Å². The highest BCUT2D eigenvalue weighted by Gasteiger charge is 2.42. The lowest BCUT2D eigenvalue weighted by atomic mass is 9.92. The largest absolute Gasteiger partial charge is 0.493 e. The Labute approximate surface area is 193 Å². The van der Waals surface area contributed by atoms with Gasteiger partial charge in [0.25, 0.3) is 0 Å². The minimum Gasteiger partial charge on any atom is -0.493 e. The first-order valence-electron chi connectivity index (χ1n) is 11.2. The fourth-order valence-electron chi connectivity index (χ4n) is 4.20. The highest BCUT2D eigenvalue weighted by molar-refractivity contribution is 6.74. The maximum atomic E-state index is 10.6. The summed E-state index contributed by atoms with van der Waals surface area (Å²) in [4.78, 5) is 0. The summed E-state index contributed by atoms with van der Waals surface area (Å²) < 4.78 is 24.0. The molecule has 0 aliphatic heterocycles. The van der Waals surface area contributed by atoms with Crippen molar-refractivity contribution in [1.82, 2.24) is 0 Å². The number of hydrogen-bond acceptors (Lipinski definition) is 6. The maximum Gasteiger partial charge on any atom is 0.203 e. The molecule has 32 heavy (non-hydrogen) atoms. The molecule has 1 aromatic rings. The standard InChI is InChI=1S/C25H38O6Si/c1-25(2,3)32(7,8)31-20-12-9-15-13-21(28-4)23(29-5)24(30-6)22(15)16-10-11-18(26)19(27)14-17(16)20/h10,13-14,18-20,26-27H,9,11-12H2,1-8H3/t18-,19+,20+/m0/s1. The second-order valence-electron chi connectivity index (χ2n) is 10.1. The minimum atomic E-state index is -2.10. The molecule has 3 atom stereocenters. The minimum absolute atomic E-state index is 0.0452. The third kappa shape index (κ3) is 4.48. The average molecular weight is 463 g/mol. The first-order valence-corrected chi connectivity index (χ1v) is 14.1. The van der Waals surface area contributed by atoms with E-state index in [0.717, 1.165) is 35.1 Å². The van der Waals surface area contributed by atoms with Crippen molar-refractivity contribution < 1.29 is 28.8 Å². The Hall–Kier alpha value is -1.80. The molecule has 3 rings (SSSR count). The number of ether oxygens (including phenoxy) is 3. The first-order chi connectivity index (χ1) is 14.9. The third-order valence-corrected chi connectivity index (χ3v) is 11.6. The van der Waals surface area contributed by atoms with Crippen LogP contribution in [-0.4, -0.2) is 58.2 Å². The zero-order valence-electron chi connectivity index (χ0n) is 20.6. The van der Waals surface area contributed by atoms with Gasteiger partial charge in [0, 0.05) is 5.56 Å². The molecular formula is C25H38O6Si. The quantitative estimate of drug-likeness (QED) is 0.628. The van der Waals surface area contributed by atoms with E-state index in [4.69, 9.17) is 18.6 Å². The van der Waals surface area contributed by atoms with Gasteiger partial charge in [0.1, 0.15) is 0 Å². The van der Waals surface area contributed by atoms with Crippen LogP contribution in [0.5, 0.6) is 17.2 Å². The van der Waals surface area contributed by atoms with Crippen LogP contribution in [-0.2, 0) is 10.8 Å². The van der Waals surface area contributed by atoms with Crippen LogP contribution in [0.15, 0.2) is 23.8 Å². The summed E-state index contributed by atoms with van der Waals surface area (Å²) in [6, 6.07) is 2.00. The van der Waals surface area contributed by atoms with E-state index in [1.807, 2.05) is 12.1 Å². The Morgan fingerprint density at radius 3 is 2.22 bits per heavy atom. The highest BCUT2D eigenvalue weighted by atomic mass is 28.4. The Bertz CT molecular complexity index is 912. The van der Waals surface area contributed by atoms with Crippen LogP contribution in [0.4, 0.5) is 0 Å². The molecule has 0 unspecified atom stereocenters. The average Bonchev–Trinajstić information content (AvgIpc) is 2.95. The normalized spacial score (nSPS) is 23.8. The number of aliphatic hydroxyl groups excluding tert-OH is 2. The van der Waals surface area contributed by atoms with Gasteiger partial charge in [0.05, 0.1) is 39.6 Å². The van der Waals surface area contributed by atoms with Crippen LogP contribution in [0.2, 0.25) is 18.1 Å². The Morgan fingerprint density at radius 1 is 1.00 bits per heavy atom. The molecule has 1 aromatic carbocycles. The van der Waals surface area contributed by atoms with E-state index >= 15 is 0 Å². The van der Waals surface area contributed by atoms with E-state index < -0.39 is 20.5 Å². The predicted molar refractivity (Wildman–Crippen MR) is 129 cm³/mol. The summed E-state index contributed by atoms with van der Waals surface area (Å²) in [6.45, 7) is 11.1. The highest BCUT2D eigenvalue weighted by Crippen LogP contribution is 2.50. The van der Waals surface area contributed by atoms with E-state index in [1.54, 1.807) is 27.4 Å². The lowest BCUT2D eigenvalue weighted by Gasteiger charge is -2.40. The summed E-state index contributed by atoms with van der Waals surface area (Å²) in [5, 5.41) is 21.1. The summed E-state index contributed by atoms with van der Waals surface area (Å²) >= 11 is 0. The molecule has 6 nitrogen and oxygen atoms in total. The molecule has 0 bridgehead atoms. The van der Waals surface area contributed by atoms with Crippen molar-refractivity contribution in [1.29, 1.82) is 0 Å². The van der Waals surface area contributed by atoms with Gasteiger partial charge in [-0.1, -0.05) is 26.8 Å². The van der Waals surface area contributed by atoms with E-state index in [1.165, 1.54) is 0 Å². The van der Waals surface area contributed by atoms with Crippen molar-refractivity contribution in [3.8, 4) is 17.2 Å². The third-order valence-electron chi connectivity index (χ3n) is 7.07. The SMILES string of the molecule is COc1cc2c(c(OC)c1OC)C1=CC[C@H](O)[C@H](O)C=C1[C@H](O[Si](C)(C)C(C)(C)C)CC2. The fourth-order valence-corrected chi connectivity index (χ4v) is 5.51. The van der Waals surface area contributed by atoms with E-state index in [-0.39, 0.29) is 11.1 Å². The van der Waals surface area contributed by atoms with Gasteiger partial charge in [-0.3, -0.25) is 0 Å². The van der Waals surface area contributed by atoms with Crippen molar-refractivity contribution in [2.75, 3.05) is 21.3 Å². The predicted octanol–water partition coefficient (Wildman–Crippen LogP) is 4.48. The number of methoxy groups -OCH3 is 3. The molecule has 0 spiro atoms. The van der Waals surface area contributed by atoms with E-state index in [9.17, 15) is 10.2 Å². The second-order valence-corrected chi connectivity index (χ2v) is 14.9. The van der Waals surface area contributed by atoms with Crippen LogP contribution in [0, 0.1) is 0 Å². The second kappa shape index (κ2) is 9.21. The molecule has 178 valence electrons. The van der Waals surface area contributed by atoms with Crippen molar-refractivity contribution >= 4 is 13.9 Å². The molecule has 0 saturated heterocycles. The summed E-state index contributed by atoms with van der Waals surface area (Å²) in [6.07, 6.45) is 3.58. The van der Waals surface area contributed by atoms with E-state index in [2.05, 4.69) is 33.9 Å². The van der Waals surface area contributed by atoms with Gasteiger partial charge in [-0.05, 0) is 66.2 Å². The zero-order valence-corrected chi connectivity index (χ0v) is 21.6. The van der Waals surface area contributed by atoms with Gasteiger partial charge in [-0.15, -0.1) is 0 Å². The van der Waals surface area contributed by atoms with Crippen LogP contribution >= 0.6 is 0 Å². The van der Waals surface area contributed by atoms with Gasteiger partial charge in [0.2, 0.25) is 5.75 Å². The molecule has 0 fully saturated rings. The monoisotopic (exact) mass is 462 g/mol. The molecule has 0 amide bonds. The molecule has 2 N–H and O–H groups in total. The van der Waals surface area contributed by atoms with Gasteiger partial charge >= 0.3 is 0 Å². The molecule has 0 radical (unpaired) electrons. The summed E-state index contributed by atoms with van der Waals surface area (Å²) in [5.74, 6) is 1.74. The molecule has 2 aliphatic carbocycles. The molecule has 0 heterocycles. The summed E-state index contributed by atoms with van der Waals surface area (Å²) in [5.41, 5.74) is 3.82. The lowest BCUT2D eigenvalue weighted by Crippen LogP contribution is -2.44. The van der Waals surface area contributed by atoms with Crippen molar-refractivity contribution in [2.24, 2.45) is 0 Å². The Morgan fingerprint density at radius 2 is 1.66 bits per heavy atom. The van der Waals surface area contributed by atoms with Gasteiger partial charge in [-0.25, -0.2) is 0 Å². The molecular weight excluding hydrogens is 424 g/mol. The van der Waals surface area contributed by atoms with Crippen molar-refractivity contribution in [2.45, 2.75) is 76.5 Å². The Kier molecular flexibility index (Phi) is 7.15. The number of benzene rings is 1. The number of aliphatic hydroxyl groups is 2. The van der Waals surface area contributed by atoms with Crippen LogP contribution in [0.1, 0.15) is 44.7 Å². The number of rotatable bonds is 5. The number of aryl methyl sites for hydroxylation is 1. The molecule has 0 saturated carbocycles.